The second-order valence-corrected chi connectivity index (χ2v) is 2.69. The molecule has 3 nitrogen and oxygen atoms in total. The number of aliphatic hydroxyl groups is 1. The predicted octanol–water partition coefficient (Wildman–Crippen LogP) is 0.731. The zero-order valence-electron chi connectivity index (χ0n) is 7.75. The molecule has 0 bridgehead atoms. The van der Waals surface area contributed by atoms with Crippen LogP contribution in [0.2, 0.25) is 0 Å². The fourth-order valence-corrected chi connectivity index (χ4v) is 1.14. The number of hydrogen-bond donors (Lipinski definition) is 2. The van der Waals surface area contributed by atoms with E-state index in [4.69, 9.17) is 5.73 Å². The molecule has 0 aromatic rings. The number of rotatable bonds is 5. The molecule has 0 rings (SSSR count). The molecule has 0 heterocycles. The van der Waals surface area contributed by atoms with Gasteiger partial charge in [0.2, 0.25) is 0 Å². The van der Waals surface area contributed by atoms with Gasteiger partial charge in [-0.15, -0.1) is 0 Å². The highest BCUT2D eigenvalue weighted by Gasteiger charge is 2.16. The summed E-state index contributed by atoms with van der Waals surface area (Å²) in [7, 11) is 0. The van der Waals surface area contributed by atoms with E-state index in [0.717, 1.165) is 19.4 Å². The molecule has 2 atom stereocenters. The SMILES string of the molecule is CCC(N)N(CC)C(O)CC. The predicted molar refractivity (Wildman–Crippen MR) is 46.9 cm³/mol. The van der Waals surface area contributed by atoms with Crippen molar-refractivity contribution in [2.75, 3.05) is 6.54 Å². The lowest BCUT2D eigenvalue weighted by molar-refractivity contribution is -0.0233. The van der Waals surface area contributed by atoms with Crippen LogP contribution >= 0.6 is 0 Å². The molecule has 0 aliphatic heterocycles. The van der Waals surface area contributed by atoms with Gasteiger partial charge in [-0.2, -0.15) is 0 Å². The summed E-state index contributed by atoms with van der Waals surface area (Å²) in [5.74, 6) is 0. The quantitative estimate of drug-likeness (QED) is 0.583. The van der Waals surface area contributed by atoms with E-state index in [1.54, 1.807) is 0 Å². The summed E-state index contributed by atoms with van der Waals surface area (Å²) in [6.45, 7) is 6.80. The second kappa shape index (κ2) is 5.52. The van der Waals surface area contributed by atoms with Crippen molar-refractivity contribution in [3.63, 3.8) is 0 Å². The van der Waals surface area contributed by atoms with Crippen LogP contribution in [0, 0.1) is 0 Å². The second-order valence-electron chi connectivity index (χ2n) is 2.69. The average Bonchev–Trinajstić information content (AvgIpc) is 2.05. The van der Waals surface area contributed by atoms with E-state index in [0.29, 0.717) is 0 Å². The number of nitrogens with two attached hydrogens (primary N) is 1. The zero-order valence-corrected chi connectivity index (χ0v) is 7.75. The third-order valence-electron chi connectivity index (χ3n) is 1.96. The van der Waals surface area contributed by atoms with Gasteiger partial charge in [0, 0.05) is 0 Å². The highest BCUT2D eigenvalue weighted by atomic mass is 16.3. The lowest BCUT2D eigenvalue weighted by atomic mass is 10.3. The van der Waals surface area contributed by atoms with E-state index in [2.05, 4.69) is 0 Å². The summed E-state index contributed by atoms with van der Waals surface area (Å²) in [6, 6.07) is 0. The molecular weight excluding hydrogens is 140 g/mol. The van der Waals surface area contributed by atoms with Crippen LogP contribution in [0.1, 0.15) is 33.6 Å². The maximum atomic E-state index is 9.47. The molecule has 2 unspecified atom stereocenters. The van der Waals surface area contributed by atoms with Gasteiger partial charge >= 0.3 is 0 Å². The summed E-state index contributed by atoms with van der Waals surface area (Å²) in [5.41, 5.74) is 5.77. The Morgan fingerprint density at radius 3 is 2.09 bits per heavy atom. The van der Waals surface area contributed by atoms with Crippen molar-refractivity contribution in [3.05, 3.63) is 0 Å². The van der Waals surface area contributed by atoms with Crippen LogP contribution in [-0.2, 0) is 0 Å². The van der Waals surface area contributed by atoms with Gasteiger partial charge in [0.15, 0.2) is 0 Å². The van der Waals surface area contributed by atoms with Gasteiger partial charge in [-0.25, -0.2) is 0 Å². The van der Waals surface area contributed by atoms with E-state index < -0.39 is 0 Å². The third kappa shape index (κ3) is 3.18. The van der Waals surface area contributed by atoms with Crippen LogP contribution in [0.15, 0.2) is 0 Å². The molecule has 11 heavy (non-hydrogen) atoms. The van der Waals surface area contributed by atoms with Gasteiger partial charge in [-0.05, 0) is 19.4 Å². The molecule has 0 radical (unpaired) electrons. The lowest BCUT2D eigenvalue weighted by Gasteiger charge is -2.30. The van der Waals surface area contributed by atoms with Crippen molar-refractivity contribution >= 4 is 0 Å². The first kappa shape index (κ1) is 10.9. The molecule has 0 aromatic carbocycles. The van der Waals surface area contributed by atoms with Gasteiger partial charge in [0.05, 0.1) is 6.17 Å². The summed E-state index contributed by atoms with van der Waals surface area (Å²) < 4.78 is 0. The molecule has 0 aliphatic carbocycles. The molecule has 0 saturated heterocycles. The van der Waals surface area contributed by atoms with Gasteiger partial charge in [-0.3, -0.25) is 4.90 Å². The van der Waals surface area contributed by atoms with Gasteiger partial charge in [0.25, 0.3) is 0 Å². The van der Waals surface area contributed by atoms with Crippen molar-refractivity contribution in [3.8, 4) is 0 Å². The molecule has 0 amide bonds. The Kier molecular flexibility index (Phi) is 5.46. The highest BCUT2D eigenvalue weighted by Crippen LogP contribution is 2.04. The van der Waals surface area contributed by atoms with Crippen LogP contribution in [0.3, 0.4) is 0 Å². The van der Waals surface area contributed by atoms with Crippen molar-refractivity contribution in [2.45, 2.75) is 46.0 Å². The van der Waals surface area contributed by atoms with Crippen molar-refractivity contribution < 1.29 is 5.11 Å². The molecular formula is C8H20N2O. The largest absolute Gasteiger partial charge is 0.378 e. The number of nitrogens with zero attached hydrogens (tertiary/aromatic N) is 1. The molecule has 68 valence electrons. The van der Waals surface area contributed by atoms with Gasteiger partial charge < -0.3 is 10.8 Å². The van der Waals surface area contributed by atoms with Crippen molar-refractivity contribution in [2.24, 2.45) is 5.73 Å². The minimum absolute atomic E-state index is 0.00468. The van der Waals surface area contributed by atoms with E-state index in [9.17, 15) is 5.11 Å². The Morgan fingerprint density at radius 1 is 1.27 bits per heavy atom. The molecule has 0 aliphatic rings. The Hall–Kier alpha value is -0.120. The maximum absolute atomic E-state index is 9.47. The fraction of sp³-hybridized carbons (Fsp3) is 1.00. The number of hydrogen-bond acceptors (Lipinski definition) is 3. The van der Waals surface area contributed by atoms with E-state index >= 15 is 0 Å². The summed E-state index contributed by atoms with van der Waals surface area (Å²) in [4.78, 5) is 1.90. The van der Waals surface area contributed by atoms with Crippen LogP contribution in [0.5, 0.6) is 0 Å². The topological polar surface area (TPSA) is 49.5 Å². The van der Waals surface area contributed by atoms with E-state index in [1.807, 2.05) is 25.7 Å². The smallest absolute Gasteiger partial charge is 0.108 e. The van der Waals surface area contributed by atoms with Crippen LogP contribution in [-0.4, -0.2) is 28.9 Å². The highest BCUT2D eigenvalue weighted by molar-refractivity contribution is 4.64. The zero-order chi connectivity index (χ0) is 8.85. The molecule has 0 saturated carbocycles. The number of aliphatic hydroxyl groups excluding tert-OH is 1. The Bertz CT molecular complexity index is 88.1. The monoisotopic (exact) mass is 160 g/mol. The summed E-state index contributed by atoms with van der Waals surface area (Å²) >= 11 is 0. The molecule has 0 fully saturated rings. The van der Waals surface area contributed by atoms with Gasteiger partial charge in [0.1, 0.15) is 6.23 Å². The van der Waals surface area contributed by atoms with Gasteiger partial charge in [-0.1, -0.05) is 20.8 Å². The molecule has 3 heteroatoms. The van der Waals surface area contributed by atoms with Crippen LogP contribution < -0.4 is 5.73 Å². The third-order valence-corrected chi connectivity index (χ3v) is 1.96. The molecule has 0 spiro atoms. The summed E-state index contributed by atoms with van der Waals surface area (Å²) in [6.07, 6.45) is 1.23. The molecule has 0 aromatic heterocycles. The normalized spacial score (nSPS) is 16.9. The van der Waals surface area contributed by atoms with Crippen molar-refractivity contribution in [1.82, 2.24) is 4.90 Å². The first-order valence-electron chi connectivity index (χ1n) is 4.36. The summed E-state index contributed by atoms with van der Waals surface area (Å²) in [5, 5.41) is 9.47. The standard InChI is InChI=1S/C8H20N2O/c1-4-7(9)10(6-3)8(11)5-2/h7-8,11H,4-6,9H2,1-3H3. The first-order valence-corrected chi connectivity index (χ1v) is 4.36. The Balaban J connectivity index is 3.92. The minimum atomic E-state index is -0.380. The van der Waals surface area contributed by atoms with E-state index in [-0.39, 0.29) is 12.4 Å². The maximum Gasteiger partial charge on any atom is 0.108 e. The van der Waals surface area contributed by atoms with Crippen LogP contribution in [0.4, 0.5) is 0 Å². The Labute approximate surface area is 69.2 Å². The van der Waals surface area contributed by atoms with E-state index in [1.165, 1.54) is 0 Å². The van der Waals surface area contributed by atoms with Crippen LogP contribution in [0.25, 0.3) is 0 Å². The van der Waals surface area contributed by atoms with Crippen molar-refractivity contribution in [1.29, 1.82) is 0 Å². The fourth-order valence-electron chi connectivity index (χ4n) is 1.14. The average molecular weight is 160 g/mol. The minimum Gasteiger partial charge on any atom is -0.378 e. The first-order chi connectivity index (χ1) is 5.17. The Morgan fingerprint density at radius 2 is 1.82 bits per heavy atom. The lowest BCUT2D eigenvalue weighted by Crippen LogP contribution is -2.47. The molecule has 3 N–H and O–H groups in total.